The number of nitrogens with one attached hydrogen (secondary N) is 1. The molecule has 1 aliphatic rings. The molecule has 0 aliphatic carbocycles. The average Bonchev–Trinajstić information content (AvgIpc) is 3.28. The number of hydrogen-bond donors (Lipinski definition) is 1. The minimum atomic E-state index is -0.261. The van der Waals surface area contributed by atoms with Gasteiger partial charge in [0.15, 0.2) is 0 Å². The molecule has 2 atom stereocenters. The van der Waals surface area contributed by atoms with E-state index in [0.29, 0.717) is 6.54 Å². The summed E-state index contributed by atoms with van der Waals surface area (Å²) in [5.41, 5.74) is 1.64. The number of piperidine rings is 1. The number of amides is 1. The van der Waals surface area contributed by atoms with E-state index in [1.54, 1.807) is 16.6 Å². The van der Waals surface area contributed by atoms with E-state index in [4.69, 9.17) is 0 Å². The first-order chi connectivity index (χ1) is 14.0. The molecule has 3 aromatic rings. The van der Waals surface area contributed by atoms with Crippen molar-refractivity contribution >= 4 is 27.3 Å². The summed E-state index contributed by atoms with van der Waals surface area (Å²) in [6.45, 7) is 5.78. The van der Waals surface area contributed by atoms with Gasteiger partial charge in [0.05, 0.1) is 17.8 Å². The van der Waals surface area contributed by atoms with Crippen LogP contribution < -0.4 is 10.2 Å². The Morgan fingerprint density at radius 1 is 1.38 bits per heavy atom. The first kappa shape index (κ1) is 19.8. The quantitative estimate of drug-likeness (QED) is 0.658. The molecule has 29 heavy (non-hydrogen) atoms. The van der Waals surface area contributed by atoms with E-state index >= 15 is 0 Å². The number of aromatic nitrogens is 3. The average molecular weight is 416 g/mol. The van der Waals surface area contributed by atoms with E-state index < -0.39 is 0 Å². The number of nitrogens with zero attached hydrogens (tertiary/aromatic N) is 4. The molecule has 154 valence electrons. The summed E-state index contributed by atoms with van der Waals surface area (Å²) < 4.78 is 14.9. The van der Waals surface area contributed by atoms with Gasteiger partial charge >= 0.3 is 0 Å². The first-order valence-electron chi connectivity index (χ1n) is 10.2. The van der Waals surface area contributed by atoms with Gasteiger partial charge in [-0.05, 0) is 50.5 Å². The molecule has 2 unspecified atom stereocenters. The fourth-order valence-corrected chi connectivity index (χ4v) is 4.73. The van der Waals surface area contributed by atoms with Gasteiger partial charge in [-0.3, -0.25) is 4.79 Å². The highest BCUT2D eigenvalue weighted by atomic mass is 32.1. The topological polar surface area (TPSA) is 62.5 Å². The third kappa shape index (κ3) is 4.42. The number of hydrogen-bond acceptors (Lipinski definition) is 5. The van der Waals surface area contributed by atoms with Crippen LogP contribution in [0.1, 0.15) is 39.5 Å². The molecule has 0 spiro atoms. The summed E-state index contributed by atoms with van der Waals surface area (Å²) in [6, 6.07) is 6.52. The Morgan fingerprint density at radius 2 is 2.17 bits per heavy atom. The van der Waals surface area contributed by atoms with Crippen LogP contribution in [-0.4, -0.2) is 39.6 Å². The number of rotatable bonds is 6. The molecular formula is C21H26FN5OS. The van der Waals surface area contributed by atoms with E-state index in [2.05, 4.69) is 34.1 Å². The van der Waals surface area contributed by atoms with E-state index in [9.17, 15) is 9.18 Å². The van der Waals surface area contributed by atoms with E-state index in [1.807, 2.05) is 6.20 Å². The summed E-state index contributed by atoms with van der Waals surface area (Å²) in [7, 11) is 0. The number of fused-ring (bicyclic) bond motifs is 1. The molecule has 4 rings (SSSR count). The normalized spacial score (nSPS) is 18.2. The molecule has 0 radical (unpaired) electrons. The molecule has 0 saturated carbocycles. The van der Waals surface area contributed by atoms with Crippen LogP contribution in [-0.2, 0) is 4.79 Å². The van der Waals surface area contributed by atoms with Gasteiger partial charge in [-0.25, -0.2) is 13.9 Å². The number of carbonyl (C=O) groups is 1. The predicted octanol–water partition coefficient (Wildman–Crippen LogP) is 4.12. The molecule has 1 aliphatic heterocycles. The van der Waals surface area contributed by atoms with Crippen LogP contribution >= 0.6 is 11.3 Å². The molecule has 0 bridgehead atoms. The van der Waals surface area contributed by atoms with Crippen molar-refractivity contribution in [2.45, 2.75) is 45.6 Å². The number of anilines is 1. The van der Waals surface area contributed by atoms with Crippen LogP contribution in [0.5, 0.6) is 0 Å². The maximum Gasteiger partial charge on any atom is 0.225 e. The molecule has 1 fully saturated rings. The minimum Gasteiger partial charge on any atom is -0.353 e. The van der Waals surface area contributed by atoms with Crippen molar-refractivity contribution in [2.75, 3.05) is 18.0 Å². The van der Waals surface area contributed by atoms with Crippen molar-refractivity contribution < 1.29 is 9.18 Å². The number of carbonyl (C=O) groups excluding carboxylic acids is 1. The fourth-order valence-electron chi connectivity index (χ4n) is 3.81. The number of benzene rings is 1. The second kappa shape index (κ2) is 8.49. The van der Waals surface area contributed by atoms with Crippen LogP contribution in [0.4, 0.5) is 9.52 Å². The lowest BCUT2D eigenvalue weighted by atomic mass is 9.97. The van der Waals surface area contributed by atoms with Gasteiger partial charge in [0.25, 0.3) is 0 Å². The SMILES string of the molecule is CCCC(C)NC(=O)C1CCCN(c2nn3cc(-c4ccc(F)cc4)nc3s2)C1. The standard InChI is InChI=1S/C21H26FN5OS/c1-3-5-14(2)23-19(28)16-6-4-11-26(12-16)21-25-27-13-18(24-20(27)29-21)15-7-9-17(22)10-8-15/h7-10,13-14,16H,3-6,11-12H2,1-2H3,(H,23,28). The van der Waals surface area contributed by atoms with E-state index in [1.165, 1.54) is 23.5 Å². The smallest absolute Gasteiger partial charge is 0.225 e. The first-order valence-corrected chi connectivity index (χ1v) is 11.0. The molecular weight excluding hydrogens is 389 g/mol. The van der Waals surface area contributed by atoms with Gasteiger partial charge < -0.3 is 10.2 Å². The molecule has 1 saturated heterocycles. The monoisotopic (exact) mass is 415 g/mol. The van der Waals surface area contributed by atoms with E-state index in [-0.39, 0.29) is 23.7 Å². The predicted molar refractivity (Wildman–Crippen MR) is 114 cm³/mol. The van der Waals surface area contributed by atoms with Crippen molar-refractivity contribution in [3.05, 3.63) is 36.3 Å². The molecule has 8 heteroatoms. The van der Waals surface area contributed by atoms with Crippen LogP contribution in [0.15, 0.2) is 30.5 Å². The van der Waals surface area contributed by atoms with Gasteiger partial charge in [0.2, 0.25) is 16.0 Å². The van der Waals surface area contributed by atoms with Gasteiger partial charge in [-0.15, -0.1) is 5.10 Å². The Hall–Kier alpha value is -2.48. The zero-order chi connectivity index (χ0) is 20.4. The van der Waals surface area contributed by atoms with Crippen molar-refractivity contribution in [1.82, 2.24) is 19.9 Å². The van der Waals surface area contributed by atoms with Crippen molar-refractivity contribution in [3.8, 4) is 11.3 Å². The van der Waals surface area contributed by atoms with Crippen LogP contribution in [0.2, 0.25) is 0 Å². The lowest BCUT2D eigenvalue weighted by molar-refractivity contribution is -0.125. The summed E-state index contributed by atoms with van der Waals surface area (Å²) in [5, 5.41) is 8.71. The Morgan fingerprint density at radius 3 is 2.90 bits per heavy atom. The van der Waals surface area contributed by atoms with Gasteiger partial charge in [0.1, 0.15) is 5.82 Å². The maximum absolute atomic E-state index is 13.1. The van der Waals surface area contributed by atoms with Gasteiger partial charge in [-0.1, -0.05) is 24.7 Å². The summed E-state index contributed by atoms with van der Waals surface area (Å²) in [6.07, 6.45) is 5.82. The number of halogens is 1. The lowest BCUT2D eigenvalue weighted by Gasteiger charge is -2.32. The molecule has 3 heterocycles. The largest absolute Gasteiger partial charge is 0.353 e. The second-order valence-electron chi connectivity index (χ2n) is 7.73. The van der Waals surface area contributed by atoms with Crippen molar-refractivity contribution in [2.24, 2.45) is 5.92 Å². The van der Waals surface area contributed by atoms with Gasteiger partial charge in [-0.2, -0.15) is 0 Å². The highest BCUT2D eigenvalue weighted by Gasteiger charge is 2.28. The maximum atomic E-state index is 13.1. The zero-order valence-corrected chi connectivity index (χ0v) is 17.6. The van der Waals surface area contributed by atoms with Gasteiger partial charge in [0, 0.05) is 24.7 Å². The minimum absolute atomic E-state index is 0.00551. The lowest BCUT2D eigenvalue weighted by Crippen LogP contribution is -2.45. The zero-order valence-electron chi connectivity index (χ0n) is 16.8. The Labute approximate surface area is 173 Å². The molecule has 6 nitrogen and oxygen atoms in total. The summed E-state index contributed by atoms with van der Waals surface area (Å²) in [5.74, 6) is -0.118. The second-order valence-corrected chi connectivity index (χ2v) is 8.66. The Bertz CT molecular complexity index is 951. The van der Waals surface area contributed by atoms with E-state index in [0.717, 1.165) is 53.6 Å². The van der Waals surface area contributed by atoms with Crippen LogP contribution in [0.3, 0.4) is 0 Å². The molecule has 2 aromatic heterocycles. The Kier molecular flexibility index (Phi) is 5.80. The van der Waals surface area contributed by atoms with Crippen molar-refractivity contribution in [1.29, 1.82) is 0 Å². The third-order valence-electron chi connectivity index (χ3n) is 5.35. The Balaban J connectivity index is 1.45. The highest BCUT2D eigenvalue weighted by molar-refractivity contribution is 7.20. The third-order valence-corrected chi connectivity index (χ3v) is 6.33. The molecule has 1 aromatic carbocycles. The molecule has 1 amide bonds. The van der Waals surface area contributed by atoms with Crippen molar-refractivity contribution in [3.63, 3.8) is 0 Å². The van der Waals surface area contributed by atoms with Crippen LogP contribution in [0, 0.1) is 11.7 Å². The highest BCUT2D eigenvalue weighted by Crippen LogP contribution is 2.30. The summed E-state index contributed by atoms with van der Waals surface area (Å²) in [4.78, 5) is 20.2. The fraction of sp³-hybridized carbons (Fsp3) is 0.476. The molecule has 1 N–H and O–H groups in total. The number of imidazole rings is 1. The van der Waals surface area contributed by atoms with Crippen LogP contribution in [0.25, 0.3) is 16.2 Å². The summed E-state index contributed by atoms with van der Waals surface area (Å²) >= 11 is 1.52.